The first-order valence-corrected chi connectivity index (χ1v) is 6.77. The molecule has 0 aliphatic heterocycles. The third-order valence-electron chi connectivity index (χ3n) is 3.77. The zero-order valence-corrected chi connectivity index (χ0v) is 11.1. The van der Waals surface area contributed by atoms with E-state index in [2.05, 4.69) is 29.6 Å². The zero-order valence-electron chi connectivity index (χ0n) is 11.1. The smallest absolute Gasteiger partial charge is 0.124 e. The molecule has 3 heteroatoms. The summed E-state index contributed by atoms with van der Waals surface area (Å²) in [5, 5.41) is 12.3. The van der Waals surface area contributed by atoms with Crippen LogP contribution in [0, 0.1) is 17.1 Å². The van der Waals surface area contributed by atoms with Crippen LogP contribution < -0.4 is 5.32 Å². The lowest BCUT2D eigenvalue weighted by Crippen LogP contribution is -2.18. The van der Waals surface area contributed by atoms with Gasteiger partial charge in [0.05, 0.1) is 11.6 Å². The number of nitrogens with zero attached hydrogens (tertiary/aromatic N) is 1. The normalized spacial score (nSPS) is 16.7. The monoisotopic (exact) mass is 266 g/mol. The van der Waals surface area contributed by atoms with Crippen LogP contribution in [0.2, 0.25) is 0 Å². The second-order valence-corrected chi connectivity index (χ2v) is 5.13. The maximum Gasteiger partial charge on any atom is 0.124 e. The van der Waals surface area contributed by atoms with Crippen molar-refractivity contribution in [3.05, 3.63) is 70.5 Å². The van der Waals surface area contributed by atoms with Gasteiger partial charge in [0.1, 0.15) is 5.82 Å². The number of nitriles is 1. The quantitative estimate of drug-likeness (QED) is 0.923. The van der Waals surface area contributed by atoms with Crippen LogP contribution in [-0.4, -0.2) is 0 Å². The highest BCUT2D eigenvalue weighted by Gasteiger charge is 2.21. The van der Waals surface area contributed by atoms with E-state index in [0.717, 1.165) is 18.4 Å². The number of halogens is 1. The fourth-order valence-corrected chi connectivity index (χ4v) is 2.83. The van der Waals surface area contributed by atoms with Crippen molar-refractivity contribution in [1.82, 2.24) is 5.32 Å². The summed E-state index contributed by atoms with van der Waals surface area (Å²) in [6.07, 6.45) is 2.15. The summed E-state index contributed by atoms with van der Waals surface area (Å²) in [6.45, 7) is 0.575. The van der Waals surface area contributed by atoms with E-state index in [1.807, 2.05) is 6.07 Å². The van der Waals surface area contributed by atoms with Gasteiger partial charge in [0, 0.05) is 12.6 Å². The Balaban J connectivity index is 1.72. The molecule has 3 rings (SSSR count). The van der Waals surface area contributed by atoms with Gasteiger partial charge < -0.3 is 5.32 Å². The fourth-order valence-electron chi connectivity index (χ4n) is 2.83. The molecule has 0 heterocycles. The summed E-state index contributed by atoms with van der Waals surface area (Å²) in [6, 6.07) is 15.2. The van der Waals surface area contributed by atoms with Crippen molar-refractivity contribution >= 4 is 0 Å². The van der Waals surface area contributed by atoms with Gasteiger partial charge in [-0.2, -0.15) is 5.26 Å². The number of aryl methyl sites for hydroxylation is 1. The molecule has 2 aromatic rings. The largest absolute Gasteiger partial charge is 0.306 e. The Morgan fingerprint density at radius 3 is 2.95 bits per heavy atom. The first kappa shape index (κ1) is 12.8. The lowest BCUT2D eigenvalue weighted by molar-refractivity contribution is 0.528. The third kappa shape index (κ3) is 2.56. The predicted molar refractivity (Wildman–Crippen MR) is 75.5 cm³/mol. The number of rotatable bonds is 3. The van der Waals surface area contributed by atoms with Crippen LogP contribution in [-0.2, 0) is 13.0 Å². The third-order valence-corrected chi connectivity index (χ3v) is 3.77. The van der Waals surface area contributed by atoms with Crippen molar-refractivity contribution in [2.45, 2.75) is 25.4 Å². The molecule has 1 N–H and O–H groups in total. The topological polar surface area (TPSA) is 35.8 Å². The molecule has 0 bridgehead atoms. The van der Waals surface area contributed by atoms with Gasteiger partial charge in [-0.05, 0) is 47.7 Å². The molecule has 0 fully saturated rings. The van der Waals surface area contributed by atoms with Gasteiger partial charge in [-0.15, -0.1) is 0 Å². The molecule has 20 heavy (non-hydrogen) atoms. The molecule has 0 saturated carbocycles. The summed E-state index contributed by atoms with van der Waals surface area (Å²) >= 11 is 0. The van der Waals surface area contributed by atoms with Crippen LogP contribution in [0.3, 0.4) is 0 Å². The Labute approximate surface area is 117 Å². The van der Waals surface area contributed by atoms with E-state index >= 15 is 0 Å². The Kier molecular flexibility index (Phi) is 3.49. The van der Waals surface area contributed by atoms with Crippen molar-refractivity contribution < 1.29 is 4.39 Å². The molecule has 2 aromatic carbocycles. The Morgan fingerprint density at radius 1 is 1.25 bits per heavy atom. The lowest BCUT2D eigenvalue weighted by Gasteiger charge is -2.14. The molecule has 1 unspecified atom stereocenters. The lowest BCUT2D eigenvalue weighted by atomic mass is 10.1. The SMILES string of the molecule is N#Cc1cc(F)cc(CNC2CCc3ccccc32)c1. The molecule has 1 aliphatic rings. The molecule has 100 valence electrons. The fraction of sp³-hybridized carbons (Fsp3) is 0.235. The minimum atomic E-state index is -0.354. The van der Waals surface area contributed by atoms with E-state index in [-0.39, 0.29) is 5.82 Å². The number of benzene rings is 2. The van der Waals surface area contributed by atoms with Gasteiger partial charge in [-0.25, -0.2) is 4.39 Å². The van der Waals surface area contributed by atoms with Crippen LogP contribution in [0.15, 0.2) is 42.5 Å². The van der Waals surface area contributed by atoms with E-state index in [0.29, 0.717) is 18.2 Å². The van der Waals surface area contributed by atoms with Crippen LogP contribution in [0.4, 0.5) is 4.39 Å². The summed E-state index contributed by atoms with van der Waals surface area (Å²) in [7, 11) is 0. The summed E-state index contributed by atoms with van der Waals surface area (Å²) < 4.78 is 13.4. The average molecular weight is 266 g/mol. The van der Waals surface area contributed by atoms with E-state index < -0.39 is 0 Å². The van der Waals surface area contributed by atoms with Crippen LogP contribution in [0.1, 0.15) is 34.7 Å². The first-order valence-electron chi connectivity index (χ1n) is 6.77. The molecule has 2 nitrogen and oxygen atoms in total. The van der Waals surface area contributed by atoms with E-state index in [9.17, 15) is 4.39 Å². The summed E-state index contributed by atoms with van der Waals surface area (Å²) in [4.78, 5) is 0. The van der Waals surface area contributed by atoms with Gasteiger partial charge in [-0.1, -0.05) is 24.3 Å². The molecule has 1 atom stereocenters. The Morgan fingerprint density at radius 2 is 2.10 bits per heavy atom. The van der Waals surface area contributed by atoms with Gasteiger partial charge in [0.2, 0.25) is 0 Å². The Hall–Kier alpha value is -2.18. The van der Waals surface area contributed by atoms with Crippen LogP contribution >= 0.6 is 0 Å². The molecule has 1 aliphatic carbocycles. The average Bonchev–Trinajstić information content (AvgIpc) is 2.88. The Bertz CT molecular complexity index is 673. The highest BCUT2D eigenvalue weighted by Crippen LogP contribution is 2.30. The zero-order chi connectivity index (χ0) is 13.9. The highest BCUT2D eigenvalue weighted by atomic mass is 19.1. The second kappa shape index (κ2) is 5.44. The molecule has 0 spiro atoms. The van der Waals surface area contributed by atoms with Crippen molar-refractivity contribution in [3.8, 4) is 6.07 Å². The van der Waals surface area contributed by atoms with E-state index in [1.54, 1.807) is 6.07 Å². The van der Waals surface area contributed by atoms with Crippen LogP contribution in [0.5, 0.6) is 0 Å². The summed E-state index contributed by atoms with van der Waals surface area (Å²) in [5.41, 5.74) is 3.91. The van der Waals surface area contributed by atoms with Crippen molar-refractivity contribution in [1.29, 1.82) is 5.26 Å². The minimum absolute atomic E-state index is 0.319. The van der Waals surface area contributed by atoms with E-state index in [1.165, 1.54) is 23.3 Å². The molecule has 0 amide bonds. The number of nitrogens with one attached hydrogen (secondary N) is 1. The summed E-state index contributed by atoms with van der Waals surface area (Å²) in [5.74, 6) is -0.354. The number of hydrogen-bond donors (Lipinski definition) is 1. The minimum Gasteiger partial charge on any atom is -0.306 e. The van der Waals surface area contributed by atoms with Gasteiger partial charge in [-0.3, -0.25) is 0 Å². The maximum atomic E-state index is 13.4. The van der Waals surface area contributed by atoms with Crippen molar-refractivity contribution in [2.75, 3.05) is 0 Å². The van der Waals surface area contributed by atoms with Crippen molar-refractivity contribution in [2.24, 2.45) is 0 Å². The maximum absolute atomic E-state index is 13.4. The molecular formula is C17H15FN2. The second-order valence-electron chi connectivity index (χ2n) is 5.13. The number of fused-ring (bicyclic) bond motifs is 1. The molecular weight excluding hydrogens is 251 g/mol. The first-order chi connectivity index (χ1) is 9.76. The van der Waals surface area contributed by atoms with Gasteiger partial charge in [0.25, 0.3) is 0 Å². The highest BCUT2D eigenvalue weighted by molar-refractivity contribution is 5.36. The standard InChI is InChI=1S/C17H15FN2/c18-15-8-12(10-19)7-13(9-15)11-20-17-6-5-14-3-1-2-4-16(14)17/h1-4,7-9,17,20H,5-6,11H2. The van der Waals surface area contributed by atoms with Gasteiger partial charge >= 0.3 is 0 Å². The van der Waals surface area contributed by atoms with Gasteiger partial charge in [0.15, 0.2) is 0 Å². The molecule has 0 saturated heterocycles. The number of hydrogen-bond acceptors (Lipinski definition) is 2. The molecule has 0 aromatic heterocycles. The van der Waals surface area contributed by atoms with Crippen molar-refractivity contribution in [3.63, 3.8) is 0 Å². The molecule has 0 radical (unpaired) electrons. The van der Waals surface area contributed by atoms with E-state index in [4.69, 9.17) is 5.26 Å². The predicted octanol–water partition coefficient (Wildman–Crippen LogP) is 3.47. The van der Waals surface area contributed by atoms with Crippen LogP contribution in [0.25, 0.3) is 0 Å².